The van der Waals surface area contributed by atoms with Crippen LogP contribution in [0.15, 0.2) is 53.4 Å². The molecule has 1 N–H and O–H groups in total. The number of sulfonamides is 1. The number of carbonyl (C=O) groups excluding carboxylic acids is 1. The van der Waals surface area contributed by atoms with E-state index >= 15 is 0 Å². The van der Waals surface area contributed by atoms with Crippen molar-refractivity contribution in [1.82, 2.24) is 5.32 Å². The standard InChI is InChI=1S/C19H24N2O4S/c1-5-14(2)20-19(22)15-7-6-8-16(13-15)21(3)26(23,24)18-11-9-17(25-4)10-12-18/h6-14H,5H2,1-4H3,(H,20,22)/t14-/m1/s1. The second-order valence-electron chi connectivity index (χ2n) is 5.98. The van der Waals surface area contributed by atoms with E-state index in [-0.39, 0.29) is 16.8 Å². The number of amides is 1. The lowest BCUT2D eigenvalue weighted by molar-refractivity contribution is 0.0939. The zero-order chi connectivity index (χ0) is 19.3. The Morgan fingerprint density at radius 1 is 1.19 bits per heavy atom. The Bertz CT molecular complexity index is 863. The zero-order valence-corrected chi connectivity index (χ0v) is 16.2. The van der Waals surface area contributed by atoms with Crippen LogP contribution < -0.4 is 14.4 Å². The highest BCUT2D eigenvalue weighted by atomic mass is 32.2. The summed E-state index contributed by atoms with van der Waals surface area (Å²) in [5.74, 6) is 0.353. The number of carbonyl (C=O) groups is 1. The smallest absolute Gasteiger partial charge is 0.264 e. The maximum absolute atomic E-state index is 12.8. The fourth-order valence-electron chi connectivity index (χ4n) is 2.30. The number of nitrogens with one attached hydrogen (secondary N) is 1. The van der Waals surface area contributed by atoms with Crippen molar-refractivity contribution in [1.29, 1.82) is 0 Å². The minimum Gasteiger partial charge on any atom is -0.497 e. The SMILES string of the molecule is CC[C@@H](C)NC(=O)c1cccc(N(C)S(=O)(=O)c2ccc(OC)cc2)c1. The summed E-state index contributed by atoms with van der Waals surface area (Å²) < 4.78 is 31.9. The van der Waals surface area contributed by atoms with Crippen molar-refractivity contribution < 1.29 is 17.9 Å². The van der Waals surface area contributed by atoms with E-state index in [1.807, 2.05) is 13.8 Å². The van der Waals surface area contributed by atoms with Crippen LogP contribution in [0.4, 0.5) is 5.69 Å². The molecular weight excluding hydrogens is 352 g/mol. The van der Waals surface area contributed by atoms with Crippen LogP contribution in [0.2, 0.25) is 0 Å². The minimum absolute atomic E-state index is 0.0481. The van der Waals surface area contributed by atoms with Gasteiger partial charge in [-0.3, -0.25) is 9.10 Å². The zero-order valence-electron chi connectivity index (χ0n) is 15.4. The Kier molecular flexibility index (Phi) is 6.26. The quantitative estimate of drug-likeness (QED) is 0.806. The molecule has 0 unspecified atom stereocenters. The normalized spacial score (nSPS) is 12.3. The number of hydrogen-bond acceptors (Lipinski definition) is 4. The lowest BCUT2D eigenvalue weighted by Gasteiger charge is -2.20. The first-order valence-electron chi connectivity index (χ1n) is 8.33. The number of hydrogen-bond donors (Lipinski definition) is 1. The predicted molar refractivity (Wildman–Crippen MR) is 102 cm³/mol. The summed E-state index contributed by atoms with van der Waals surface area (Å²) >= 11 is 0. The Morgan fingerprint density at radius 3 is 2.42 bits per heavy atom. The van der Waals surface area contributed by atoms with E-state index in [4.69, 9.17) is 4.74 Å². The van der Waals surface area contributed by atoms with Gasteiger partial charge in [-0.15, -0.1) is 0 Å². The molecule has 6 nitrogen and oxygen atoms in total. The molecule has 0 saturated heterocycles. The fraction of sp³-hybridized carbons (Fsp3) is 0.316. The van der Waals surface area contributed by atoms with Gasteiger partial charge in [0, 0.05) is 18.7 Å². The second kappa shape index (κ2) is 8.23. The van der Waals surface area contributed by atoms with Crippen molar-refractivity contribution in [3.8, 4) is 5.75 Å². The van der Waals surface area contributed by atoms with Gasteiger partial charge >= 0.3 is 0 Å². The summed E-state index contributed by atoms with van der Waals surface area (Å²) in [6, 6.07) is 12.8. The largest absolute Gasteiger partial charge is 0.497 e. The number of ether oxygens (including phenoxy) is 1. The van der Waals surface area contributed by atoms with Gasteiger partial charge in [0.2, 0.25) is 0 Å². The van der Waals surface area contributed by atoms with Gasteiger partial charge in [0.05, 0.1) is 17.7 Å². The average molecular weight is 376 g/mol. The van der Waals surface area contributed by atoms with Crippen LogP contribution in [-0.4, -0.2) is 34.5 Å². The first-order chi connectivity index (χ1) is 12.3. The van der Waals surface area contributed by atoms with E-state index in [1.165, 1.54) is 26.3 Å². The number of nitrogens with zero attached hydrogens (tertiary/aromatic N) is 1. The third-order valence-corrected chi connectivity index (χ3v) is 5.98. The van der Waals surface area contributed by atoms with Crippen LogP contribution in [-0.2, 0) is 10.0 Å². The molecule has 0 bridgehead atoms. The third kappa shape index (κ3) is 4.35. The highest BCUT2D eigenvalue weighted by Gasteiger charge is 2.22. The van der Waals surface area contributed by atoms with Gasteiger partial charge in [0.15, 0.2) is 0 Å². The number of benzene rings is 2. The van der Waals surface area contributed by atoms with E-state index in [0.29, 0.717) is 17.0 Å². The van der Waals surface area contributed by atoms with E-state index < -0.39 is 10.0 Å². The predicted octanol–water partition coefficient (Wildman–Crippen LogP) is 3.05. The molecule has 0 fully saturated rings. The minimum atomic E-state index is -3.74. The second-order valence-corrected chi connectivity index (χ2v) is 7.95. The molecule has 0 saturated carbocycles. The Balaban J connectivity index is 2.29. The Morgan fingerprint density at radius 2 is 1.85 bits per heavy atom. The van der Waals surface area contributed by atoms with Gasteiger partial charge in [0.25, 0.3) is 15.9 Å². The van der Waals surface area contributed by atoms with E-state index in [0.717, 1.165) is 10.7 Å². The molecule has 0 aromatic heterocycles. The first kappa shape index (κ1) is 19.8. The molecule has 0 aliphatic rings. The highest BCUT2D eigenvalue weighted by Crippen LogP contribution is 2.24. The molecule has 0 heterocycles. The molecule has 0 aliphatic heterocycles. The lowest BCUT2D eigenvalue weighted by Crippen LogP contribution is -2.32. The van der Waals surface area contributed by atoms with Crippen molar-refractivity contribution in [2.75, 3.05) is 18.5 Å². The molecule has 0 radical (unpaired) electrons. The summed E-state index contributed by atoms with van der Waals surface area (Å²) in [5.41, 5.74) is 0.831. The van der Waals surface area contributed by atoms with Crippen molar-refractivity contribution >= 4 is 21.6 Å². The van der Waals surface area contributed by atoms with E-state index in [9.17, 15) is 13.2 Å². The number of methoxy groups -OCH3 is 1. The molecule has 140 valence electrons. The van der Waals surface area contributed by atoms with Crippen LogP contribution in [0, 0.1) is 0 Å². The van der Waals surface area contributed by atoms with Gasteiger partial charge in [-0.05, 0) is 55.8 Å². The molecule has 1 atom stereocenters. The van der Waals surface area contributed by atoms with Gasteiger partial charge in [-0.25, -0.2) is 8.42 Å². The highest BCUT2D eigenvalue weighted by molar-refractivity contribution is 7.92. The van der Waals surface area contributed by atoms with Gasteiger partial charge in [-0.2, -0.15) is 0 Å². The van der Waals surface area contributed by atoms with Gasteiger partial charge in [0.1, 0.15) is 5.75 Å². The molecular formula is C19H24N2O4S. The molecule has 0 spiro atoms. The summed E-state index contributed by atoms with van der Waals surface area (Å²) in [4.78, 5) is 12.4. The summed E-state index contributed by atoms with van der Waals surface area (Å²) in [5, 5.41) is 2.87. The Hall–Kier alpha value is -2.54. The van der Waals surface area contributed by atoms with E-state index in [2.05, 4.69) is 5.32 Å². The van der Waals surface area contributed by atoms with Gasteiger partial charge < -0.3 is 10.1 Å². The Labute approximate surface area is 154 Å². The van der Waals surface area contributed by atoms with Crippen molar-refractivity contribution in [2.45, 2.75) is 31.2 Å². The number of anilines is 1. The lowest BCUT2D eigenvalue weighted by atomic mass is 10.1. The van der Waals surface area contributed by atoms with Crippen LogP contribution in [0.5, 0.6) is 5.75 Å². The molecule has 7 heteroatoms. The molecule has 26 heavy (non-hydrogen) atoms. The summed E-state index contributed by atoms with van der Waals surface area (Å²) in [7, 11) is -0.758. The maximum Gasteiger partial charge on any atom is 0.264 e. The monoisotopic (exact) mass is 376 g/mol. The molecule has 1 amide bonds. The summed E-state index contributed by atoms with van der Waals surface area (Å²) in [6.45, 7) is 3.90. The van der Waals surface area contributed by atoms with Crippen LogP contribution in [0.3, 0.4) is 0 Å². The first-order valence-corrected chi connectivity index (χ1v) is 9.77. The molecule has 2 rings (SSSR count). The molecule has 2 aromatic carbocycles. The van der Waals surface area contributed by atoms with E-state index in [1.54, 1.807) is 36.4 Å². The third-order valence-electron chi connectivity index (χ3n) is 4.18. The topological polar surface area (TPSA) is 75.7 Å². The number of rotatable bonds is 7. The van der Waals surface area contributed by atoms with Crippen molar-refractivity contribution in [2.24, 2.45) is 0 Å². The van der Waals surface area contributed by atoms with Crippen molar-refractivity contribution in [3.05, 3.63) is 54.1 Å². The van der Waals surface area contributed by atoms with Crippen LogP contribution >= 0.6 is 0 Å². The molecule has 0 aliphatic carbocycles. The summed E-state index contributed by atoms with van der Waals surface area (Å²) in [6.07, 6.45) is 0.817. The average Bonchev–Trinajstić information content (AvgIpc) is 2.67. The van der Waals surface area contributed by atoms with Gasteiger partial charge in [-0.1, -0.05) is 13.0 Å². The van der Waals surface area contributed by atoms with Crippen LogP contribution in [0.25, 0.3) is 0 Å². The maximum atomic E-state index is 12.8. The van der Waals surface area contributed by atoms with Crippen molar-refractivity contribution in [3.63, 3.8) is 0 Å². The molecule has 2 aromatic rings. The van der Waals surface area contributed by atoms with Crippen LogP contribution in [0.1, 0.15) is 30.6 Å². The fourth-order valence-corrected chi connectivity index (χ4v) is 3.48.